The van der Waals surface area contributed by atoms with E-state index in [2.05, 4.69) is 35.6 Å². The summed E-state index contributed by atoms with van der Waals surface area (Å²) in [6.07, 6.45) is 0. The third kappa shape index (κ3) is 3.01. The number of anilines is 2. The molecule has 6 nitrogen and oxygen atoms in total. The summed E-state index contributed by atoms with van der Waals surface area (Å²) in [6.45, 7) is 10.0. The third-order valence-electron chi connectivity index (χ3n) is 3.65. The number of pyridine rings is 1. The fourth-order valence-corrected chi connectivity index (χ4v) is 2.42. The Morgan fingerprint density at radius 3 is 2.35 bits per heavy atom. The Kier molecular flexibility index (Phi) is 3.85. The van der Waals surface area contributed by atoms with Crippen LogP contribution in [-0.2, 0) is 0 Å². The largest absolute Gasteiger partial charge is 0.477 e. The van der Waals surface area contributed by atoms with Crippen molar-refractivity contribution in [2.24, 2.45) is 0 Å². The van der Waals surface area contributed by atoms with E-state index >= 15 is 0 Å². The number of carboxylic acids is 1. The van der Waals surface area contributed by atoms with Gasteiger partial charge in [0.1, 0.15) is 0 Å². The number of nitrogen functional groups attached to an aromatic ring is 1. The molecule has 2 heterocycles. The van der Waals surface area contributed by atoms with Crippen molar-refractivity contribution in [3.05, 3.63) is 17.8 Å². The first-order valence-corrected chi connectivity index (χ1v) is 6.79. The molecule has 110 valence electrons. The topological polar surface area (TPSA) is 82.7 Å². The van der Waals surface area contributed by atoms with Crippen molar-refractivity contribution in [1.29, 1.82) is 0 Å². The summed E-state index contributed by atoms with van der Waals surface area (Å²) in [7, 11) is 0. The zero-order chi connectivity index (χ0) is 14.9. The van der Waals surface area contributed by atoms with E-state index in [9.17, 15) is 4.79 Å². The summed E-state index contributed by atoms with van der Waals surface area (Å²) in [6, 6.07) is 3.05. The van der Waals surface area contributed by atoms with E-state index in [1.807, 2.05) is 0 Å². The van der Waals surface area contributed by atoms with Gasteiger partial charge in [-0.15, -0.1) is 0 Å². The number of hydrogen-bond donors (Lipinski definition) is 2. The molecule has 1 saturated heterocycles. The van der Waals surface area contributed by atoms with Gasteiger partial charge in [0.15, 0.2) is 11.5 Å². The van der Waals surface area contributed by atoms with Gasteiger partial charge in [0.2, 0.25) is 0 Å². The van der Waals surface area contributed by atoms with Gasteiger partial charge < -0.3 is 15.7 Å². The van der Waals surface area contributed by atoms with Crippen LogP contribution in [-0.4, -0.2) is 52.7 Å². The number of aromatic carboxylic acids is 1. The molecule has 0 aromatic carbocycles. The predicted molar refractivity (Wildman–Crippen MR) is 79.1 cm³/mol. The standard InChI is InChI=1S/C14H22N4O2/c1-14(2,3)18-8-6-17(7-9-18)12-10(15)4-5-11(16-12)13(19)20/h4-5H,6-9,15H2,1-3H3,(H,19,20). The fraction of sp³-hybridized carbons (Fsp3) is 0.571. The van der Waals surface area contributed by atoms with E-state index in [-0.39, 0.29) is 11.2 Å². The molecule has 1 aliphatic rings. The molecule has 1 fully saturated rings. The monoisotopic (exact) mass is 278 g/mol. The molecule has 0 atom stereocenters. The lowest BCUT2D eigenvalue weighted by molar-refractivity contribution is 0.0690. The number of carboxylic acid groups (broad SMARTS) is 1. The molecule has 0 radical (unpaired) electrons. The number of nitrogens with two attached hydrogens (primary N) is 1. The number of carbonyl (C=O) groups is 1. The van der Waals surface area contributed by atoms with Crippen LogP contribution in [0, 0.1) is 0 Å². The van der Waals surface area contributed by atoms with Crippen molar-refractivity contribution in [3.8, 4) is 0 Å². The summed E-state index contributed by atoms with van der Waals surface area (Å²) in [5.41, 5.74) is 6.64. The second kappa shape index (κ2) is 5.28. The zero-order valence-corrected chi connectivity index (χ0v) is 12.3. The first-order valence-electron chi connectivity index (χ1n) is 6.79. The van der Waals surface area contributed by atoms with Gasteiger partial charge in [-0.25, -0.2) is 9.78 Å². The van der Waals surface area contributed by atoms with E-state index in [0.29, 0.717) is 11.5 Å². The van der Waals surface area contributed by atoms with Crippen molar-refractivity contribution in [1.82, 2.24) is 9.88 Å². The number of hydrogen-bond acceptors (Lipinski definition) is 5. The van der Waals surface area contributed by atoms with Crippen LogP contribution in [0.5, 0.6) is 0 Å². The number of rotatable bonds is 2. The molecule has 0 spiro atoms. The lowest BCUT2D eigenvalue weighted by Crippen LogP contribution is -2.53. The van der Waals surface area contributed by atoms with E-state index in [1.54, 1.807) is 6.07 Å². The highest BCUT2D eigenvalue weighted by molar-refractivity contribution is 5.87. The molecule has 3 N–H and O–H groups in total. The van der Waals surface area contributed by atoms with Gasteiger partial charge in [-0.2, -0.15) is 0 Å². The Labute approximate surface area is 119 Å². The molecular weight excluding hydrogens is 256 g/mol. The molecule has 0 unspecified atom stereocenters. The van der Waals surface area contributed by atoms with E-state index < -0.39 is 5.97 Å². The normalized spacial score (nSPS) is 17.2. The van der Waals surface area contributed by atoms with Crippen molar-refractivity contribution < 1.29 is 9.90 Å². The van der Waals surface area contributed by atoms with Crippen LogP contribution in [0.4, 0.5) is 11.5 Å². The first kappa shape index (κ1) is 14.6. The van der Waals surface area contributed by atoms with Gasteiger partial charge >= 0.3 is 5.97 Å². The molecule has 0 bridgehead atoms. The smallest absolute Gasteiger partial charge is 0.354 e. The summed E-state index contributed by atoms with van der Waals surface area (Å²) in [4.78, 5) is 19.6. The average molecular weight is 278 g/mol. The molecule has 0 aliphatic carbocycles. The molecule has 2 rings (SSSR count). The Hall–Kier alpha value is -1.82. The van der Waals surface area contributed by atoms with Crippen LogP contribution in [0.15, 0.2) is 12.1 Å². The minimum absolute atomic E-state index is 0.0347. The summed E-state index contributed by atoms with van der Waals surface area (Å²) >= 11 is 0. The number of piperazine rings is 1. The Bertz CT molecular complexity index is 502. The molecule has 0 saturated carbocycles. The van der Waals surface area contributed by atoms with E-state index in [4.69, 9.17) is 10.8 Å². The molecule has 1 aromatic heterocycles. The lowest BCUT2D eigenvalue weighted by atomic mass is 10.0. The molecule has 20 heavy (non-hydrogen) atoms. The van der Waals surface area contributed by atoms with Crippen LogP contribution < -0.4 is 10.6 Å². The molecule has 0 amide bonds. The SMILES string of the molecule is CC(C)(C)N1CCN(c2nc(C(=O)O)ccc2N)CC1. The molecule has 1 aliphatic heterocycles. The van der Waals surface area contributed by atoms with Crippen LogP contribution in [0.25, 0.3) is 0 Å². The van der Waals surface area contributed by atoms with Crippen LogP contribution in [0.1, 0.15) is 31.3 Å². The Morgan fingerprint density at radius 2 is 1.85 bits per heavy atom. The molecular formula is C14H22N4O2. The summed E-state index contributed by atoms with van der Waals surface area (Å²) in [5.74, 6) is -0.446. The predicted octanol–water partition coefficient (Wildman–Crippen LogP) is 1.28. The summed E-state index contributed by atoms with van der Waals surface area (Å²) < 4.78 is 0. The maximum atomic E-state index is 11.0. The van der Waals surface area contributed by atoms with E-state index in [0.717, 1.165) is 26.2 Å². The molecule has 6 heteroatoms. The minimum Gasteiger partial charge on any atom is -0.477 e. The average Bonchev–Trinajstić information content (AvgIpc) is 2.38. The van der Waals surface area contributed by atoms with Gasteiger partial charge in [0.05, 0.1) is 5.69 Å². The zero-order valence-electron chi connectivity index (χ0n) is 12.3. The lowest BCUT2D eigenvalue weighted by Gasteiger charge is -2.42. The highest BCUT2D eigenvalue weighted by Crippen LogP contribution is 2.24. The van der Waals surface area contributed by atoms with Crippen LogP contribution in [0.3, 0.4) is 0 Å². The van der Waals surface area contributed by atoms with Crippen molar-refractivity contribution in [3.63, 3.8) is 0 Å². The minimum atomic E-state index is -1.03. The van der Waals surface area contributed by atoms with Gasteiger partial charge in [0.25, 0.3) is 0 Å². The number of nitrogens with zero attached hydrogens (tertiary/aromatic N) is 3. The molecule has 1 aromatic rings. The second-order valence-electron chi connectivity index (χ2n) is 6.06. The van der Waals surface area contributed by atoms with Crippen molar-refractivity contribution >= 4 is 17.5 Å². The van der Waals surface area contributed by atoms with Gasteiger partial charge in [-0.05, 0) is 32.9 Å². The first-order chi connectivity index (χ1) is 9.29. The summed E-state index contributed by atoms with van der Waals surface area (Å²) in [5, 5.41) is 9.02. The van der Waals surface area contributed by atoms with Crippen molar-refractivity contribution in [2.75, 3.05) is 36.8 Å². The van der Waals surface area contributed by atoms with Crippen molar-refractivity contribution in [2.45, 2.75) is 26.3 Å². The third-order valence-corrected chi connectivity index (χ3v) is 3.65. The van der Waals surface area contributed by atoms with Gasteiger partial charge in [0, 0.05) is 31.7 Å². The van der Waals surface area contributed by atoms with Gasteiger partial charge in [-0.3, -0.25) is 4.90 Å². The Morgan fingerprint density at radius 1 is 1.25 bits per heavy atom. The highest BCUT2D eigenvalue weighted by atomic mass is 16.4. The Balaban J connectivity index is 2.14. The second-order valence-corrected chi connectivity index (χ2v) is 6.06. The fourth-order valence-electron chi connectivity index (χ4n) is 2.42. The maximum absolute atomic E-state index is 11.0. The van der Waals surface area contributed by atoms with Gasteiger partial charge in [-0.1, -0.05) is 0 Å². The highest BCUT2D eigenvalue weighted by Gasteiger charge is 2.27. The van der Waals surface area contributed by atoms with E-state index in [1.165, 1.54) is 6.07 Å². The maximum Gasteiger partial charge on any atom is 0.354 e. The quantitative estimate of drug-likeness (QED) is 0.848. The van der Waals surface area contributed by atoms with Crippen LogP contribution in [0.2, 0.25) is 0 Å². The number of aromatic nitrogens is 1. The van der Waals surface area contributed by atoms with Crippen LogP contribution >= 0.6 is 0 Å².